The van der Waals surface area contributed by atoms with Gasteiger partial charge >= 0.3 is 0 Å². The van der Waals surface area contributed by atoms with E-state index in [1.165, 1.54) is 4.88 Å². The molecule has 1 aromatic rings. The van der Waals surface area contributed by atoms with Crippen LogP contribution < -0.4 is 0 Å². The molecule has 0 radical (unpaired) electrons. The minimum Gasteiger partial charge on any atom is -0.377 e. The van der Waals surface area contributed by atoms with Gasteiger partial charge in [-0.15, -0.1) is 11.3 Å². The van der Waals surface area contributed by atoms with Crippen LogP contribution in [0.3, 0.4) is 0 Å². The molecule has 0 aliphatic rings. The van der Waals surface area contributed by atoms with Crippen molar-refractivity contribution in [3.8, 4) is 6.07 Å². The Hall–Kier alpha value is -0.920. The molecule has 1 heterocycles. The zero-order valence-corrected chi connectivity index (χ0v) is 9.30. The maximum atomic E-state index is 8.43. The molecule has 0 saturated carbocycles. The summed E-state index contributed by atoms with van der Waals surface area (Å²) in [7, 11) is 0. The highest BCUT2D eigenvalue weighted by Crippen LogP contribution is 2.13. The third kappa shape index (κ3) is 3.44. The van der Waals surface area contributed by atoms with E-state index in [4.69, 9.17) is 10.00 Å². The molecule has 3 nitrogen and oxygen atoms in total. The molecule has 1 aromatic heterocycles. The predicted molar refractivity (Wildman–Crippen MR) is 56.2 cm³/mol. The second kappa shape index (κ2) is 5.74. The summed E-state index contributed by atoms with van der Waals surface area (Å²) in [4.78, 5) is 5.43. The number of aryl methyl sites for hydroxylation is 1. The lowest BCUT2D eigenvalue weighted by molar-refractivity contribution is 0.0719. The fourth-order valence-electron chi connectivity index (χ4n) is 1.11. The molecular weight excluding hydrogens is 196 g/mol. The minimum atomic E-state index is 0.0354. The third-order valence-corrected chi connectivity index (χ3v) is 2.95. The van der Waals surface area contributed by atoms with E-state index in [1.54, 1.807) is 11.3 Å². The maximum absolute atomic E-state index is 8.43. The number of nitriles is 1. The second-order valence-corrected chi connectivity index (χ2v) is 4.09. The summed E-state index contributed by atoms with van der Waals surface area (Å²) in [5.74, 6) is 0. The molecule has 0 fully saturated rings. The zero-order valence-electron chi connectivity index (χ0n) is 8.49. The van der Waals surface area contributed by atoms with Crippen LogP contribution >= 0.6 is 11.3 Å². The van der Waals surface area contributed by atoms with E-state index in [0.717, 1.165) is 12.1 Å². The molecule has 0 aliphatic heterocycles. The van der Waals surface area contributed by atoms with Crippen LogP contribution in [0.4, 0.5) is 0 Å². The Morgan fingerprint density at radius 3 is 3.07 bits per heavy atom. The quantitative estimate of drug-likeness (QED) is 0.749. The highest BCUT2D eigenvalue weighted by molar-refractivity contribution is 7.09. The normalized spacial score (nSPS) is 12.4. The Balaban J connectivity index is 2.23. The predicted octanol–water partition coefficient (Wildman–Crippen LogP) is 2.31. The summed E-state index contributed by atoms with van der Waals surface area (Å²) in [6.45, 7) is 4.60. The Labute approximate surface area is 88.4 Å². The summed E-state index contributed by atoms with van der Waals surface area (Å²) in [5.41, 5.74) is 2.94. The fraction of sp³-hybridized carbons (Fsp3) is 0.600. The summed E-state index contributed by atoms with van der Waals surface area (Å²) in [5, 5.41) is 8.43. The first-order chi connectivity index (χ1) is 6.74. The maximum Gasteiger partial charge on any atom is 0.0797 e. The van der Waals surface area contributed by atoms with Crippen LogP contribution in [-0.2, 0) is 11.2 Å². The van der Waals surface area contributed by atoms with Crippen molar-refractivity contribution in [1.29, 1.82) is 5.26 Å². The topological polar surface area (TPSA) is 45.9 Å². The van der Waals surface area contributed by atoms with Gasteiger partial charge in [0.2, 0.25) is 0 Å². The number of rotatable bonds is 5. The van der Waals surface area contributed by atoms with Gasteiger partial charge in [-0.2, -0.15) is 5.26 Å². The van der Waals surface area contributed by atoms with Crippen LogP contribution in [-0.4, -0.2) is 17.7 Å². The Kier molecular flexibility index (Phi) is 4.57. The van der Waals surface area contributed by atoms with Crippen molar-refractivity contribution >= 4 is 11.3 Å². The largest absolute Gasteiger partial charge is 0.377 e. The van der Waals surface area contributed by atoms with Crippen LogP contribution in [0.1, 0.15) is 23.9 Å². The smallest absolute Gasteiger partial charge is 0.0797 e. The van der Waals surface area contributed by atoms with E-state index in [-0.39, 0.29) is 6.10 Å². The van der Waals surface area contributed by atoms with Crippen molar-refractivity contribution in [2.24, 2.45) is 0 Å². The number of aromatic nitrogens is 1. The van der Waals surface area contributed by atoms with E-state index < -0.39 is 0 Å². The van der Waals surface area contributed by atoms with Crippen molar-refractivity contribution in [1.82, 2.24) is 4.98 Å². The average Bonchev–Trinajstić information content (AvgIpc) is 2.52. The molecule has 0 saturated heterocycles. The fourth-order valence-corrected chi connectivity index (χ4v) is 1.87. The molecule has 4 heteroatoms. The van der Waals surface area contributed by atoms with Crippen LogP contribution in [0.5, 0.6) is 0 Å². The van der Waals surface area contributed by atoms with Gasteiger partial charge < -0.3 is 4.74 Å². The van der Waals surface area contributed by atoms with Gasteiger partial charge in [0.25, 0.3) is 0 Å². The van der Waals surface area contributed by atoms with Gasteiger partial charge in [0, 0.05) is 11.3 Å². The summed E-state index contributed by atoms with van der Waals surface area (Å²) < 4.78 is 5.47. The third-order valence-electron chi connectivity index (χ3n) is 1.96. The van der Waals surface area contributed by atoms with Crippen LogP contribution in [0.2, 0.25) is 0 Å². The van der Waals surface area contributed by atoms with E-state index >= 15 is 0 Å². The van der Waals surface area contributed by atoms with Gasteiger partial charge in [-0.05, 0) is 13.8 Å². The molecule has 0 amide bonds. The van der Waals surface area contributed by atoms with Gasteiger partial charge in [-0.3, -0.25) is 0 Å². The molecule has 0 aromatic carbocycles. The lowest BCUT2D eigenvalue weighted by atomic mass is 10.3. The molecule has 76 valence electrons. The van der Waals surface area contributed by atoms with E-state index in [2.05, 4.69) is 11.1 Å². The van der Waals surface area contributed by atoms with Crippen molar-refractivity contribution in [2.45, 2.75) is 32.8 Å². The molecule has 0 aliphatic carbocycles. The Bertz CT molecular complexity index is 316. The summed E-state index contributed by atoms with van der Waals surface area (Å²) in [6.07, 6.45) is 1.39. The van der Waals surface area contributed by atoms with Crippen LogP contribution in [0.25, 0.3) is 0 Å². The molecule has 1 rings (SSSR count). The Morgan fingerprint density at radius 2 is 2.50 bits per heavy atom. The van der Waals surface area contributed by atoms with Crippen molar-refractivity contribution < 1.29 is 4.74 Å². The number of hydrogen-bond donors (Lipinski definition) is 0. The first kappa shape index (κ1) is 11.2. The average molecular weight is 210 g/mol. The number of nitrogens with zero attached hydrogens (tertiary/aromatic N) is 2. The Morgan fingerprint density at radius 1 is 1.71 bits per heavy atom. The standard InChI is InChI=1S/C10H14N2OS/c1-8(3-5-11)13-6-4-10-9(2)12-7-14-10/h7-8H,3-4,6H2,1-2H3. The lowest BCUT2D eigenvalue weighted by Gasteiger charge is -2.08. The van der Waals surface area contributed by atoms with Crippen LogP contribution in [0.15, 0.2) is 5.51 Å². The van der Waals surface area contributed by atoms with Gasteiger partial charge in [-0.1, -0.05) is 0 Å². The number of ether oxygens (including phenoxy) is 1. The highest BCUT2D eigenvalue weighted by Gasteiger charge is 2.04. The van der Waals surface area contributed by atoms with E-state index in [9.17, 15) is 0 Å². The van der Waals surface area contributed by atoms with Crippen LogP contribution in [0, 0.1) is 18.3 Å². The minimum absolute atomic E-state index is 0.0354. The molecular formula is C10H14N2OS. The summed E-state index contributed by atoms with van der Waals surface area (Å²) >= 11 is 1.66. The monoisotopic (exact) mass is 210 g/mol. The lowest BCUT2D eigenvalue weighted by Crippen LogP contribution is -2.09. The highest BCUT2D eigenvalue weighted by atomic mass is 32.1. The first-order valence-electron chi connectivity index (χ1n) is 4.61. The van der Waals surface area contributed by atoms with Crippen molar-refractivity contribution in [3.63, 3.8) is 0 Å². The van der Waals surface area contributed by atoms with Gasteiger partial charge in [0.1, 0.15) is 0 Å². The number of hydrogen-bond acceptors (Lipinski definition) is 4. The number of thiazole rings is 1. The SMILES string of the molecule is Cc1ncsc1CCOC(C)CC#N. The van der Waals surface area contributed by atoms with Gasteiger partial charge in [0.05, 0.1) is 36.4 Å². The zero-order chi connectivity index (χ0) is 10.4. The van der Waals surface area contributed by atoms with E-state index in [0.29, 0.717) is 13.0 Å². The molecule has 14 heavy (non-hydrogen) atoms. The van der Waals surface area contributed by atoms with Gasteiger partial charge in [-0.25, -0.2) is 4.98 Å². The molecule has 0 N–H and O–H groups in total. The molecule has 1 unspecified atom stereocenters. The van der Waals surface area contributed by atoms with Crippen molar-refractivity contribution in [3.05, 3.63) is 16.1 Å². The molecule has 0 bridgehead atoms. The first-order valence-corrected chi connectivity index (χ1v) is 5.49. The summed E-state index contributed by atoms with van der Waals surface area (Å²) in [6, 6.07) is 2.09. The second-order valence-electron chi connectivity index (χ2n) is 3.15. The molecule has 1 atom stereocenters. The molecule has 0 spiro atoms. The van der Waals surface area contributed by atoms with Gasteiger partial charge in [0.15, 0.2) is 0 Å². The van der Waals surface area contributed by atoms with Crippen molar-refractivity contribution in [2.75, 3.05) is 6.61 Å². The van der Waals surface area contributed by atoms with E-state index in [1.807, 2.05) is 19.4 Å².